The summed E-state index contributed by atoms with van der Waals surface area (Å²) in [5.74, 6) is -0.349. The number of rotatable bonds is 2. The molecule has 0 amide bonds. The zero-order valence-corrected chi connectivity index (χ0v) is 8.35. The molecular formula is C10H12ClFO. The van der Waals surface area contributed by atoms with Crippen LogP contribution < -0.4 is 0 Å². The summed E-state index contributed by atoms with van der Waals surface area (Å²) in [5.41, 5.74) is 0.455. The Morgan fingerprint density at radius 2 is 2.00 bits per heavy atom. The Hall–Kier alpha value is -0.600. The molecule has 0 saturated heterocycles. The average Bonchev–Trinajstić information content (AvgIpc) is 2.08. The van der Waals surface area contributed by atoms with Gasteiger partial charge in [-0.3, -0.25) is 0 Å². The lowest BCUT2D eigenvalue weighted by Gasteiger charge is -2.15. The van der Waals surface area contributed by atoms with Gasteiger partial charge in [0.05, 0.1) is 6.10 Å². The van der Waals surface area contributed by atoms with Crippen molar-refractivity contribution in [2.75, 3.05) is 0 Å². The molecule has 1 nitrogen and oxygen atoms in total. The maximum absolute atomic E-state index is 12.8. The van der Waals surface area contributed by atoms with Crippen molar-refractivity contribution in [1.29, 1.82) is 0 Å². The van der Waals surface area contributed by atoms with Crippen molar-refractivity contribution >= 4 is 11.6 Å². The highest BCUT2D eigenvalue weighted by molar-refractivity contribution is 6.31. The fourth-order valence-electron chi connectivity index (χ4n) is 1.10. The van der Waals surface area contributed by atoms with Gasteiger partial charge in [-0.25, -0.2) is 4.39 Å². The molecule has 0 spiro atoms. The van der Waals surface area contributed by atoms with Crippen molar-refractivity contribution in [3.63, 3.8) is 0 Å². The minimum Gasteiger partial charge on any atom is -0.388 e. The van der Waals surface area contributed by atoms with Crippen LogP contribution in [0.15, 0.2) is 18.2 Å². The lowest BCUT2D eigenvalue weighted by atomic mass is 9.99. The third-order valence-electron chi connectivity index (χ3n) is 1.91. The Morgan fingerprint density at radius 1 is 1.38 bits per heavy atom. The van der Waals surface area contributed by atoms with Crippen molar-refractivity contribution in [3.05, 3.63) is 34.6 Å². The fourth-order valence-corrected chi connectivity index (χ4v) is 1.33. The first-order chi connectivity index (χ1) is 6.02. The molecule has 1 aromatic carbocycles. The monoisotopic (exact) mass is 202 g/mol. The third-order valence-corrected chi connectivity index (χ3v) is 2.25. The van der Waals surface area contributed by atoms with Crippen LogP contribution in [0.2, 0.25) is 5.02 Å². The van der Waals surface area contributed by atoms with Crippen LogP contribution >= 0.6 is 11.6 Å². The van der Waals surface area contributed by atoms with E-state index in [0.29, 0.717) is 10.6 Å². The molecule has 0 aliphatic rings. The number of hydrogen-bond donors (Lipinski definition) is 1. The lowest BCUT2D eigenvalue weighted by Crippen LogP contribution is -2.06. The van der Waals surface area contributed by atoms with E-state index in [0.717, 1.165) is 0 Å². The van der Waals surface area contributed by atoms with Crippen LogP contribution in [0, 0.1) is 11.7 Å². The zero-order valence-electron chi connectivity index (χ0n) is 7.59. The van der Waals surface area contributed by atoms with E-state index >= 15 is 0 Å². The van der Waals surface area contributed by atoms with E-state index in [4.69, 9.17) is 11.6 Å². The predicted molar refractivity (Wildman–Crippen MR) is 51.2 cm³/mol. The molecule has 1 N–H and O–H groups in total. The standard InChI is InChI=1S/C10H12ClFO/c1-6(2)10(13)8-5-7(12)3-4-9(8)11/h3-6,10,13H,1-2H3. The van der Waals surface area contributed by atoms with Crippen molar-refractivity contribution < 1.29 is 9.50 Å². The van der Waals surface area contributed by atoms with E-state index < -0.39 is 6.10 Å². The lowest BCUT2D eigenvalue weighted by molar-refractivity contribution is 0.126. The first kappa shape index (κ1) is 10.5. The van der Waals surface area contributed by atoms with Crippen LogP contribution in [0.4, 0.5) is 4.39 Å². The number of halogens is 2. The first-order valence-electron chi connectivity index (χ1n) is 4.15. The Morgan fingerprint density at radius 3 is 2.54 bits per heavy atom. The molecule has 1 atom stereocenters. The zero-order chi connectivity index (χ0) is 10.0. The van der Waals surface area contributed by atoms with Gasteiger partial charge in [-0.2, -0.15) is 0 Å². The molecule has 0 aromatic heterocycles. The Kier molecular flexibility index (Phi) is 3.28. The summed E-state index contributed by atoms with van der Waals surface area (Å²) in [5, 5.41) is 10.1. The normalized spacial score (nSPS) is 13.4. The molecule has 1 aromatic rings. The van der Waals surface area contributed by atoms with Crippen molar-refractivity contribution in [2.45, 2.75) is 20.0 Å². The van der Waals surface area contributed by atoms with Gasteiger partial charge in [0, 0.05) is 10.6 Å². The van der Waals surface area contributed by atoms with Crippen LogP contribution in [0.5, 0.6) is 0 Å². The molecule has 3 heteroatoms. The maximum atomic E-state index is 12.8. The van der Waals surface area contributed by atoms with Crippen molar-refractivity contribution in [1.82, 2.24) is 0 Å². The van der Waals surface area contributed by atoms with Gasteiger partial charge in [0.1, 0.15) is 5.82 Å². The molecule has 0 fully saturated rings. The molecule has 0 bridgehead atoms. The quantitative estimate of drug-likeness (QED) is 0.781. The van der Waals surface area contributed by atoms with Gasteiger partial charge in [0.25, 0.3) is 0 Å². The van der Waals surface area contributed by atoms with Gasteiger partial charge in [0.15, 0.2) is 0 Å². The van der Waals surface area contributed by atoms with E-state index in [2.05, 4.69) is 0 Å². The molecule has 13 heavy (non-hydrogen) atoms. The molecule has 0 aliphatic heterocycles. The highest BCUT2D eigenvalue weighted by Crippen LogP contribution is 2.28. The number of aliphatic hydroxyl groups excluding tert-OH is 1. The summed E-state index contributed by atoms with van der Waals surface area (Å²) in [6.07, 6.45) is -0.705. The first-order valence-corrected chi connectivity index (χ1v) is 4.53. The smallest absolute Gasteiger partial charge is 0.123 e. The highest BCUT2D eigenvalue weighted by Gasteiger charge is 2.15. The minimum atomic E-state index is -0.705. The van der Waals surface area contributed by atoms with Crippen LogP contribution in [-0.2, 0) is 0 Å². The Labute approximate surface area is 82.2 Å². The van der Waals surface area contributed by atoms with Gasteiger partial charge in [-0.1, -0.05) is 25.4 Å². The summed E-state index contributed by atoms with van der Waals surface area (Å²) < 4.78 is 12.8. The molecule has 0 heterocycles. The summed E-state index contributed by atoms with van der Waals surface area (Å²) >= 11 is 5.81. The molecule has 1 rings (SSSR count). The maximum Gasteiger partial charge on any atom is 0.123 e. The van der Waals surface area contributed by atoms with E-state index in [1.54, 1.807) is 0 Å². The second kappa shape index (κ2) is 4.07. The topological polar surface area (TPSA) is 20.2 Å². The number of aliphatic hydroxyl groups is 1. The average molecular weight is 203 g/mol. The second-order valence-electron chi connectivity index (χ2n) is 3.35. The molecule has 0 saturated carbocycles. The van der Waals surface area contributed by atoms with E-state index in [1.165, 1.54) is 18.2 Å². The Bertz CT molecular complexity index is 299. The largest absolute Gasteiger partial charge is 0.388 e. The molecule has 0 aliphatic carbocycles. The predicted octanol–water partition coefficient (Wildman–Crippen LogP) is 3.17. The SMILES string of the molecule is CC(C)C(O)c1cc(F)ccc1Cl. The second-order valence-corrected chi connectivity index (χ2v) is 3.76. The molecular weight excluding hydrogens is 191 g/mol. The van der Waals surface area contributed by atoms with Gasteiger partial charge in [-0.05, 0) is 24.1 Å². The van der Waals surface area contributed by atoms with Crippen LogP contribution in [0.25, 0.3) is 0 Å². The van der Waals surface area contributed by atoms with Crippen LogP contribution in [0.3, 0.4) is 0 Å². The van der Waals surface area contributed by atoms with Gasteiger partial charge < -0.3 is 5.11 Å². The number of hydrogen-bond acceptors (Lipinski definition) is 1. The summed E-state index contributed by atoms with van der Waals surface area (Å²) in [6.45, 7) is 3.71. The third kappa shape index (κ3) is 2.42. The summed E-state index contributed by atoms with van der Waals surface area (Å²) in [4.78, 5) is 0. The van der Waals surface area contributed by atoms with Crippen molar-refractivity contribution in [3.8, 4) is 0 Å². The summed E-state index contributed by atoms with van der Waals surface area (Å²) in [7, 11) is 0. The molecule has 1 unspecified atom stereocenters. The summed E-state index contributed by atoms with van der Waals surface area (Å²) in [6, 6.07) is 4.00. The Balaban J connectivity index is 3.05. The highest BCUT2D eigenvalue weighted by atomic mass is 35.5. The molecule has 72 valence electrons. The van der Waals surface area contributed by atoms with E-state index in [1.807, 2.05) is 13.8 Å². The van der Waals surface area contributed by atoms with Gasteiger partial charge >= 0.3 is 0 Å². The van der Waals surface area contributed by atoms with Gasteiger partial charge in [-0.15, -0.1) is 0 Å². The van der Waals surface area contributed by atoms with Crippen LogP contribution in [-0.4, -0.2) is 5.11 Å². The van der Waals surface area contributed by atoms with Crippen LogP contribution in [0.1, 0.15) is 25.5 Å². The molecule has 0 radical (unpaired) electrons. The minimum absolute atomic E-state index is 0.0271. The van der Waals surface area contributed by atoms with Gasteiger partial charge in [0.2, 0.25) is 0 Å². The van der Waals surface area contributed by atoms with E-state index in [9.17, 15) is 9.50 Å². The van der Waals surface area contributed by atoms with E-state index in [-0.39, 0.29) is 11.7 Å². The fraction of sp³-hybridized carbons (Fsp3) is 0.400. The number of benzene rings is 1. The van der Waals surface area contributed by atoms with Crippen molar-refractivity contribution in [2.24, 2.45) is 5.92 Å².